The number of benzene rings is 2. The predicted octanol–water partition coefficient (Wildman–Crippen LogP) is 2.31. The van der Waals surface area contributed by atoms with Crippen molar-refractivity contribution in [2.24, 2.45) is 5.73 Å². The molecule has 174 valence electrons. The normalized spacial score (nSPS) is 14.4. The third-order valence-corrected chi connectivity index (χ3v) is 6.46. The summed E-state index contributed by atoms with van der Waals surface area (Å²) in [4.78, 5) is 31.5. The Morgan fingerprint density at radius 3 is 2.52 bits per heavy atom. The number of fused-ring (bicyclic) bond motifs is 1. The van der Waals surface area contributed by atoms with Crippen LogP contribution in [0.15, 0.2) is 42.5 Å². The number of hydrogen-bond acceptors (Lipinski definition) is 6. The third-order valence-electron chi connectivity index (χ3n) is 5.68. The number of hydrogen-bond donors (Lipinski definition) is 2. The van der Waals surface area contributed by atoms with Gasteiger partial charge in [-0.3, -0.25) is 9.59 Å². The van der Waals surface area contributed by atoms with E-state index in [0.717, 1.165) is 44.3 Å². The fourth-order valence-electron chi connectivity index (χ4n) is 4.18. The molecule has 9 nitrogen and oxygen atoms in total. The first-order valence-corrected chi connectivity index (χ1v) is 12.9. The Bertz CT molecular complexity index is 1310. The predicted molar refractivity (Wildman–Crippen MR) is 128 cm³/mol. The Balaban J connectivity index is 1.65. The average molecular weight is 470 g/mol. The van der Waals surface area contributed by atoms with Gasteiger partial charge in [0.1, 0.15) is 18.1 Å². The van der Waals surface area contributed by atoms with Crippen molar-refractivity contribution in [3.63, 3.8) is 0 Å². The molecule has 2 amide bonds. The Kier molecular flexibility index (Phi) is 6.37. The van der Waals surface area contributed by atoms with Crippen LogP contribution in [0.3, 0.4) is 0 Å². The van der Waals surface area contributed by atoms with Crippen molar-refractivity contribution in [2.75, 3.05) is 29.6 Å². The highest BCUT2D eigenvalue weighted by Gasteiger charge is 2.20. The fraction of sp³-hybridized carbons (Fsp3) is 0.348. The van der Waals surface area contributed by atoms with Crippen LogP contribution in [0.4, 0.5) is 11.4 Å². The number of nitrogens with two attached hydrogens (primary N) is 1. The highest BCUT2D eigenvalue weighted by molar-refractivity contribution is 7.89. The van der Waals surface area contributed by atoms with Crippen molar-refractivity contribution >= 4 is 44.1 Å². The van der Waals surface area contributed by atoms with E-state index in [1.165, 1.54) is 0 Å². The van der Waals surface area contributed by atoms with Crippen molar-refractivity contribution in [3.8, 4) is 0 Å². The van der Waals surface area contributed by atoms with E-state index in [1.54, 1.807) is 28.8 Å². The van der Waals surface area contributed by atoms with E-state index in [0.29, 0.717) is 28.1 Å². The molecule has 0 aliphatic carbocycles. The zero-order valence-electron chi connectivity index (χ0n) is 18.5. The van der Waals surface area contributed by atoms with Crippen LogP contribution in [-0.2, 0) is 26.9 Å². The first kappa shape index (κ1) is 22.8. The lowest BCUT2D eigenvalue weighted by atomic mass is 10.1. The monoisotopic (exact) mass is 469 g/mol. The van der Waals surface area contributed by atoms with Crippen LogP contribution in [0.2, 0.25) is 0 Å². The molecule has 0 unspecified atom stereocenters. The number of carbonyl (C=O) groups excluding carboxylic acids is 2. The van der Waals surface area contributed by atoms with Gasteiger partial charge in [0.2, 0.25) is 11.8 Å². The van der Waals surface area contributed by atoms with Crippen molar-refractivity contribution in [1.29, 1.82) is 0 Å². The smallest absolute Gasteiger partial charge is 0.248 e. The van der Waals surface area contributed by atoms with Gasteiger partial charge in [-0.1, -0.05) is 12.1 Å². The zero-order chi connectivity index (χ0) is 23.6. The number of anilines is 2. The Hall–Kier alpha value is -3.40. The number of piperidine rings is 1. The van der Waals surface area contributed by atoms with Gasteiger partial charge in [-0.2, -0.15) is 0 Å². The zero-order valence-corrected chi connectivity index (χ0v) is 19.3. The maximum atomic E-state index is 13.1. The van der Waals surface area contributed by atoms with Crippen LogP contribution in [0.1, 0.15) is 35.4 Å². The minimum atomic E-state index is -3.35. The Labute approximate surface area is 192 Å². The minimum Gasteiger partial charge on any atom is -0.370 e. The maximum Gasteiger partial charge on any atom is 0.248 e. The molecule has 0 spiro atoms. The van der Waals surface area contributed by atoms with Crippen LogP contribution >= 0.6 is 0 Å². The first-order valence-electron chi connectivity index (χ1n) is 10.8. The molecule has 0 saturated carbocycles. The number of amides is 2. The van der Waals surface area contributed by atoms with Gasteiger partial charge in [0.25, 0.3) is 0 Å². The topological polar surface area (TPSA) is 127 Å². The molecule has 0 radical (unpaired) electrons. The molecule has 3 aromatic rings. The summed E-state index contributed by atoms with van der Waals surface area (Å²) in [5.41, 5.74) is 8.39. The highest BCUT2D eigenvalue weighted by Crippen LogP contribution is 2.30. The Morgan fingerprint density at radius 1 is 1.09 bits per heavy atom. The number of imidazole rings is 1. The lowest BCUT2D eigenvalue weighted by molar-refractivity contribution is -0.116. The molecule has 2 heterocycles. The molecule has 1 aliphatic heterocycles. The molecule has 0 atom stereocenters. The first-order chi connectivity index (χ1) is 15.7. The molecular weight excluding hydrogens is 442 g/mol. The summed E-state index contributed by atoms with van der Waals surface area (Å²) in [6, 6.07) is 12.3. The van der Waals surface area contributed by atoms with E-state index in [4.69, 9.17) is 5.73 Å². The summed E-state index contributed by atoms with van der Waals surface area (Å²) < 4.78 is 25.5. The lowest BCUT2D eigenvalue weighted by Gasteiger charge is -2.30. The van der Waals surface area contributed by atoms with Crippen LogP contribution < -0.4 is 16.0 Å². The molecule has 0 bridgehead atoms. The SMILES string of the molecule is CS(=O)(=O)Cc1nc2ccccc2n1CC(=O)Nc1cc(C(N)=O)ccc1N1CCCCC1. The number of nitrogens with one attached hydrogen (secondary N) is 1. The van der Waals surface area contributed by atoms with Crippen LogP contribution in [-0.4, -0.2) is 49.1 Å². The molecule has 33 heavy (non-hydrogen) atoms. The standard InChI is InChI=1S/C23H27N5O4S/c1-33(31,32)15-21-25-17-7-3-4-8-20(17)28(21)14-22(29)26-18-13-16(23(24)30)9-10-19(18)27-11-5-2-6-12-27/h3-4,7-10,13H,2,5-6,11-12,14-15H2,1H3,(H2,24,30)(H,26,29). The van der Waals surface area contributed by atoms with Gasteiger partial charge in [0.15, 0.2) is 9.84 Å². The molecule has 2 aromatic carbocycles. The van der Waals surface area contributed by atoms with E-state index in [1.807, 2.05) is 18.2 Å². The summed E-state index contributed by atoms with van der Waals surface area (Å²) in [6.45, 7) is 1.61. The van der Waals surface area contributed by atoms with Gasteiger partial charge in [0, 0.05) is 24.9 Å². The van der Waals surface area contributed by atoms with Crippen molar-refractivity contribution < 1.29 is 18.0 Å². The summed E-state index contributed by atoms with van der Waals surface area (Å²) >= 11 is 0. The molecule has 1 aromatic heterocycles. The number of aromatic nitrogens is 2. The van der Waals surface area contributed by atoms with E-state index in [9.17, 15) is 18.0 Å². The number of para-hydroxylation sites is 2. The van der Waals surface area contributed by atoms with Crippen LogP contribution in [0.5, 0.6) is 0 Å². The van der Waals surface area contributed by atoms with Gasteiger partial charge in [0.05, 0.1) is 22.4 Å². The average Bonchev–Trinajstić information content (AvgIpc) is 3.09. The van der Waals surface area contributed by atoms with E-state index < -0.39 is 15.7 Å². The van der Waals surface area contributed by atoms with Crippen molar-refractivity contribution in [3.05, 3.63) is 53.9 Å². The highest BCUT2D eigenvalue weighted by atomic mass is 32.2. The molecule has 10 heteroatoms. The van der Waals surface area contributed by atoms with Gasteiger partial charge < -0.3 is 20.5 Å². The maximum absolute atomic E-state index is 13.1. The van der Waals surface area contributed by atoms with Gasteiger partial charge in [-0.05, 0) is 49.6 Å². The summed E-state index contributed by atoms with van der Waals surface area (Å²) in [5.74, 6) is -0.902. The number of nitrogens with zero attached hydrogens (tertiary/aromatic N) is 3. The summed E-state index contributed by atoms with van der Waals surface area (Å²) in [6.07, 6.45) is 4.41. The molecule has 1 fully saturated rings. The number of sulfone groups is 1. The second-order valence-electron chi connectivity index (χ2n) is 8.37. The quantitative estimate of drug-likeness (QED) is 0.547. The summed E-state index contributed by atoms with van der Waals surface area (Å²) in [7, 11) is -3.35. The van der Waals surface area contributed by atoms with Gasteiger partial charge in [-0.25, -0.2) is 13.4 Å². The summed E-state index contributed by atoms with van der Waals surface area (Å²) in [5, 5.41) is 2.91. The molecule has 4 rings (SSSR count). The fourth-order valence-corrected chi connectivity index (χ4v) is 4.87. The second-order valence-corrected chi connectivity index (χ2v) is 10.5. The largest absolute Gasteiger partial charge is 0.370 e. The molecule has 3 N–H and O–H groups in total. The van der Waals surface area contributed by atoms with E-state index in [2.05, 4.69) is 15.2 Å². The Morgan fingerprint density at radius 2 is 1.82 bits per heavy atom. The number of rotatable bonds is 7. The molecule has 1 aliphatic rings. The molecule has 1 saturated heterocycles. The van der Waals surface area contributed by atoms with Crippen molar-refractivity contribution in [2.45, 2.75) is 31.6 Å². The lowest BCUT2D eigenvalue weighted by Crippen LogP contribution is -2.31. The van der Waals surface area contributed by atoms with Crippen molar-refractivity contribution in [1.82, 2.24) is 9.55 Å². The third kappa shape index (κ3) is 5.33. The van der Waals surface area contributed by atoms with Crippen LogP contribution in [0.25, 0.3) is 11.0 Å². The van der Waals surface area contributed by atoms with Gasteiger partial charge in [-0.15, -0.1) is 0 Å². The van der Waals surface area contributed by atoms with E-state index >= 15 is 0 Å². The minimum absolute atomic E-state index is 0.119. The van der Waals surface area contributed by atoms with E-state index in [-0.39, 0.29) is 18.2 Å². The van der Waals surface area contributed by atoms with Gasteiger partial charge >= 0.3 is 0 Å². The van der Waals surface area contributed by atoms with Crippen LogP contribution in [0, 0.1) is 0 Å². The molecular formula is C23H27N5O4S. The number of primary amides is 1. The second kappa shape index (κ2) is 9.22. The number of carbonyl (C=O) groups is 2.